The van der Waals surface area contributed by atoms with Crippen LogP contribution in [-0.4, -0.2) is 58.8 Å². The third-order valence-electron chi connectivity index (χ3n) is 3.95. The van der Waals surface area contributed by atoms with Crippen LogP contribution in [0.1, 0.15) is 55.4 Å². The van der Waals surface area contributed by atoms with Crippen LogP contribution in [0.5, 0.6) is 0 Å². The fourth-order valence-electron chi connectivity index (χ4n) is 2.45. The molecule has 2 radical (unpaired) electrons. The molecule has 23 heavy (non-hydrogen) atoms. The molecule has 6 heteroatoms. The number of nitrogens with zero attached hydrogens (tertiary/aromatic N) is 1. The van der Waals surface area contributed by atoms with Crippen LogP contribution in [0, 0.1) is 5.41 Å². The standard InChI is InChI=1S/C17H33NO4Si/c1-14(2,3)21-13(19)18-10-17(11-18,12-20-9)16(7,8)22-23-15(4,5)6/h10-12H2,1-9H3. The molecule has 0 aliphatic carbocycles. The number of ether oxygens (including phenoxy) is 2. The highest BCUT2D eigenvalue weighted by Gasteiger charge is 2.56. The van der Waals surface area contributed by atoms with Gasteiger partial charge in [-0.25, -0.2) is 4.79 Å². The van der Waals surface area contributed by atoms with Crippen molar-refractivity contribution in [2.24, 2.45) is 5.41 Å². The van der Waals surface area contributed by atoms with Crippen LogP contribution >= 0.6 is 0 Å². The molecular weight excluding hydrogens is 310 g/mol. The van der Waals surface area contributed by atoms with Crippen molar-refractivity contribution in [3.8, 4) is 0 Å². The Labute approximate surface area is 144 Å². The van der Waals surface area contributed by atoms with E-state index in [1.54, 1.807) is 12.0 Å². The molecule has 1 aliphatic heterocycles. The summed E-state index contributed by atoms with van der Waals surface area (Å²) in [7, 11) is 2.09. The van der Waals surface area contributed by atoms with E-state index >= 15 is 0 Å². The summed E-state index contributed by atoms with van der Waals surface area (Å²) in [6.45, 7) is 18.1. The minimum atomic E-state index is -0.476. The van der Waals surface area contributed by atoms with Crippen molar-refractivity contribution < 1.29 is 18.7 Å². The maximum Gasteiger partial charge on any atom is 0.410 e. The van der Waals surface area contributed by atoms with E-state index in [0.29, 0.717) is 29.5 Å². The van der Waals surface area contributed by atoms with Gasteiger partial charge in [0.15, 0.2) is 0 Å². The lowest BCUT2D eigenvalue weighted by Gasteiger charge is -2.57. The third kappa shape index (κ3) is 5.47. The topological polar surface area (TPSA) is 48.0 Å². The summed E-state index contributed by atoms with van der Waals surface area (Å²) in [6, 6.07) is 0. The van der Waals surface area contributed by atoms with Crippen molar-refractivity contribution in [3.05, 3.63) is 0 Å². The lowest BCUT2D eigenvalue weighted by atomic mass is 9.68. The Kier molecular flexibility index (Phi) is 5.98. The van der Waals surface area contributed by atoms with Gasteiger partial charge in [-0.1, -0.05) is 20.8 Å². The summed E-state index contributed by atoms with van der Waals surface area (Å²) in [5, 5.41) is 0.125. The predicted octanol–water partition coefficient (Wildman–Crippen LogP) is 3.50. The van der Waals surface area contributed by atoms with Gasteiger partial charge in [0, 0.05) is 20.2 Å². The van der Waals surface area contributed by atoms with Crippen LogP contribution in [0.4, 0.5) is 4.79 Å². The molecular formula is C17H33NO4Si. The summed E-state index contributed by atoms with van der Waals surface area (Å²) < 4.78 is 17.1. The fourth-order valence-corrected chi connectivity index (χ4v) is 3.23. The zero-order valence-electron chi connectivity index (χ0n) is 16.2. The van der Waals surface area contributed by atoms with Crippen molar-refractivity contribution in [1.29, 1.82) is 0 Å². The summed E-state index contributed by atoms with van der Waals surface area (Å²) in [4.78, 5) is 13.9. The lowest BCUT2D eigenvalue weighted by Crippen LogP contribution is -2.70. The van der Waals surface area contributed by atoms with E-state index in [4.69, 9.17) is 13.9 Å². The number of carbonyl (C=O) groups excluding carboxylic acids is 1. The molecule has 0 unspecified atom stereocenters. The van der Waals surface area contributed by atoms with Crippen molar-refractivity contribution in [2.75, 3.05) is 26.8 Å². The van der Waals surface area contributed by atoms with Gasteiger partial charge in [0.2, 0.25) is 9.76 Å². The molecule has 0 atom stereocenters. The van der Waals surface area contributed by atoms with E-state index in [2.05, 4.69) is 34.6 Å². The Morgan fingerprint density at radius 2 is 1.61 bits per heavy atom. The zero-order chi connectivity index (χ0) is 18.1. The van der Waals surface area contributed by atoms with Crippen molar-refractivity contribution in [3.63, 3.8) is 0 Å². The molecule has 0 saturated carbocycles. The van der Waals surface area contributed by atoms with Gasteiger partial charge in [-0.05, 0) is 39.7 Å². The molecule has 0 bridgehead atoms. The van der Waals surface area contributed by atoms with E-state index in [9.17, 15) is 4.79 Å². The van der Waals surface area contributed by atoms with Crippen LogP contribution < -0.4 is 0 Å². The minimum Gasteiger partial charge on any atom is -0.444 e. The maximum atomic E-state index is 12.2. The zero-order valence-corrected chi connectivity index (χ0v) is 17.2. The Bertz CT molecular complexity index is 417. The smallest absolute Gasteiger partial charge is 0.410 e. The van der Waals surface area contributed by atoms with Gasteiger partial charge in [-0.3, -0.25) is 0 Å². The normalized spacial score (nSPS) is 18.6. The average Bonchev–Trinajstić information content (AvgIpc) is 2.27. The SMILES string of the molecule is COCC1(C(C)(C)O[Si]C(C)(C)C)CN(C(=O)OC(C)(C)C)C1. The van der Waals surface area contributed by atoms with Gasteiger partial charge in [-0.2, -0.15) is 0 Å². The highest BCUT2D eigenvalue weighted by atomic mass is 28.2. The molecule has 1 saturated heterocycles. The fraction of sp³-hybridized carbons (Fsp3) is 0.941. The second-order valence-electron chi connectivity index (χ2n) is 9.01. The molecule has 0 aromatic carbocycles. The van der Waals surface area contributed by atoms with Gasteiger partial charge in [0.25, 0.3) is 0 Å². The Morgan fingerprint density at radius 1 is 1.09 bits per heavy atom. The summed E-state index contributed by atoms with van der Waals surface area (Å²) >= 11 is 0. The summed E-state index contributed by atoms with van der Waals surface area (Å²) in [5.41, 5.74) is -1.04. The molecule has 5 nitrogen and oxygen atoms in total. The van der Waals surface area contributed by atoms with Crippen molar-refractivity contribution in [1.82, 2.24) is 4.90 Å². The number of rotatable bonds is 5. The predicted molar refractivity (Wildman–Crippen MR) is 92.7 cm³/mol. The number of hydrogen-bond acceptors (Lipinski definition) is 4. The molecule has 0 spiro atoms. The third-order valence-corrected chi connectivity index (χ3v) is 5.17. The number of amides is 1. The molecule has 0 N–H and O–H groups in total. The van der Waals surface area contributed by atoms with Crippen LogP contribution in [0.2, 0.25) is 5.04 Å². The van der Waals surface area contributed by atoms with Gasteiger partial charge in [0.1, 0.15) is 5.60 Å². The van der Waals surface area contributed by atoms with Crippen LogP contribution in [-0.2, 0) is 13.9 Å². The van der Waals surface area contributed by atoms with E-state index in [1.807, 2.05) is 20.8 Å². The van der Waals surface area contributed by atoms with Gasteiger partial charge in [-0.15, -0.1) is 0 Å². The van der Waals surface area contributed by atoms with Gasteiger partial charge >= 0.3 is 6.09 Å². The van der Waals surface area contributed by atoms with Crippen LogP contribution in [0.25, 0.3) is 0 Å². The van der Waals surface area contributed by atoms with Gasteiger partial charge in [0.05, 0.1) is 17.6 Å². The van der Waals surface area contributed by atoms with E-state index in [-0.39, 0.29) is 22.1 Å². The first-order valence-corrected chi connectivity index (χ1v) is 9.04. The number of carbonyl (C=O) groups is 1. The molecule has 1 heterocycles. The molecule has 1 amide bonds. The molecule has 0 aromatic rings. The highest BCUT2D eigenvalue weighted by molar-refractivity contribution is 6.31. The second-order valence-corrected chi connectivity index (χ2v) is 10.9. The van der Waals surface area contributed by atoms with E-state index < -0.39 is 5.60 Å². The Hall–Kier alpha value is -0.593. The molecule has 1 rings (SSSR count). The first-order chi connectivity index (χ1) is 10.2. The Morgan fingerprint density at radius 3 is 2.00 bits per heavy atom. The first kappa shape index (κ1) is 20.5. The number of hydrogen-bond donors (Lipinski definition) is 0. The monoisotopic (exact) mass is 343 g/mol. The van der Waals surface area contributed by atoms with Crippen LogP contribution in [0.15, 0.2) is 0 Å². The lowest BCUT2D eigenvalue weighted by molar-refractivity contribution is -0.154. The summed E-state index contributed by atoms with van der Waals surface area (Å²) in [5.74, 6) is 0. The molecule has 134 valence electrons. The van der Waals surface area contributed by atoms with Crippen LogP contribution in [0.3, 0.4) is 0 Å². The quantitative estimate of drug-likeness (QED) is 0.717. The largest absolute Gasteiger partial charge is 0.444 e. The molecule has 1 aliphatic rings. The molecule has 0 aromatic heterocycles. The second kappa shape index (κ2) is 6.73. The van der Waals surface area contributed by atoms with E-state index in [1.165, 1.54) is 0 Å². The number of methoxy groups -OCH3 is 1. The Balaban J connectivity index is 2.74. The molecule has 1 fully saturated rings. The maximum absolute atomic E-state index is 12.2. The highest BCUT2D eigenvalue weighted by Crippen LogP contribution is 2.44. The first-order valence-electron chi connectivity index (χ1n) is 8.13. The van der Waals surface area contributed by atoms with E-state index in [0.717, 1.165) is 0 Å². The van der Waals surface area contributed by atoms with Crippen molar-refractivity contribution >= 4 is 15.9 Å². The number of likely N-dealkylation sites (tertiary alicyclic amines) is 1. The summed E-state index contributed by atoms with van der Waals surface area (Å²) in [6.07, 6.45) is -0.265. The van der Waals surface area contributed by atoms with Gasteiger partial charge < -0.3 is 18.8 Å². The minimum absolute atomic E-state index is 0.125. The average molecular weight is 344 g/mol. The van der Waals surface area contributed by atoms with Crippen molar-refractivity contribution in [2.45, 2.75) is 71.6 Å².